The minimum Gasteiger partial charge on any atom is -0.378 e. The molecule has 0 bridgehead atoms. The average molecular weight is 317 g/mol. The van der Waals surface area contributed by atoms with Crippen LogP contribution in [0.15, 0.2) is 24.3 Å². The Morgan fingerprint density at radius 2 is 1.65 bits per heavy atom. The second-order valence-corrected chi connectivity index (χ2v) is 6.54. The van der Waals surface area contributed by atoms with E-state index in [-0.39, 0.29) is 5.91 Å². The van der Waals surface area contributed by atoms with Crippen molar-refractivity contribution in [3.63, 3.8) is 0 Å². The summed E-state index contributed by atoms with van der Waals surface area (Å²) in [6.45, 7) is 11.1. The molecule has 0 aromatic heterocycles. The van der Waals surface area contributed by atoms with Crippen LogP contribution < -0.4 is 4.90 Å². The molecule has 126 valence electrons. The molecule has 1 aromatic rings. The Kier molecular flexibility index (Phi) is 5.18. The fourth-order valence-corrected chi connectivity index (χ4v) is 3.35. The molecule has 1 aromatic carbocycles. The SMILES string of the molecule is CC(C)N1CCN(C(=O)c2ccccc2N2CCOCC2)CC1. The summed E-state index contributed by atoms with van der Waals surface area (Å²) in [4.78, 5) is 19.7. The first-order chi connectivity index (χ1) is 11.2. The topological polar surface area (TPSA) is 36.0 Å². The molecule has 0 aliphatic carbocycles. The summed E-state index contributed by atoms with van der Waals surface area (Å²) in [6.07, 6.45) is 0. The molecule has 0 radical (unpaired) electrons. The minimum atomic E-state index is 0.162. The van der Waals surface area contributed by atoms with Gasteiger partial charge in [-0.05, 0) is 26.0 Å². The number of morpholine rings is 1. The first kappa shape index (κ1) is 16.3. The number of ether oxygens (including phenoxy) is 1. The van der Waals surface area contributed by atoms with Gasteiger partial charge in [-0.1, -0.05) is 12.1 Å². The molecule has 0 saturated carbocycles. The van der Waals surface area contributed by atoms with Gasteiger partial charge in [-0.15, -0.1) is 0 Å². The molecule has 2 fully saturated rings. The molecule has 0 atom stereocenters. The van der Waals surface area contributed by atoms with Crippen molar-refractivity contribution in [1.29, 1.82) is 0 Å². The van der Waals surface area contributed by atoms with Gasteiger partial charge < -0.3 is 14.5 Å². The first-order valence-corrected chi connectivity index (χ1v) is 8.62. The lowest BCUT2D eigenvalue weighted by atomic mass is 10.1. The van der Waals surface area contributed by atoms with Crippen molar-refractivity contribution in [2.45, 2.75) is 19.9 Å². The van der Waals surface area contributed by atoms with Crippen LogP contribution in [0.4, 0.5) is 5.69 Å². The smallest absolute Gasteiger partial charge is 0.256 e. The van der Waals surface area contributed by atoms with Crippen molar-refractivity contribution < 1.29 is 9.53 Å². The zero-order valence-corrected chi connectivity index (χ0v) is 14.2. The van der Waals surface area contributed by atoms with E-state index >= 15 is 0 Å². The highest BCUT2D eigenvalue weighted by atomic mass is 16.5. The fraction of sp³-hybridized carbons (Fsp3) is 0.611. The van der Waals surface area contributed by atoms with Gasteiger partial charge >= 0.3 is 0 Å². The third kappa shape index (κ3) is 3.67. The van der Waals surface area contributed by atoms with Crippen molar-refractivity contribution in [3.05, 3.63) is 29.8 Å². The van der Waals surface area contributed by atoms with E-state index in [1.54, 1.807) is 0 Å². The molecule has 2 saturated heterocycles. The van der Waals surface area contributed by atoms with Gasteiger partial charge in [-0.2, -0.15) is 0 Å². The van der Waals surface area contributed by atoms with E-state index in [0.29, 0.717) is 6.04 Å². The minimum absolute atomic E-state index is 0.162. The van der Waals surface area contributed by atoms with Crippen LogP contribution in [0.5, 0.6) is 0 Å². The Bertz CT molecular complexity index is 533. The molecule has 2 aliphatic rings. The van der Waals surface area contributed by atoms with E-state index in [0.717, 1.165) is 63.7 Å². The Balaban J connectivity index is 1.72. The van der Waals surface area contributed by atoms with E-state index < -0.39 is 0 Å². The molecule has 1 amide bonds. The third-order valence-electron chi connectivity index (χ3n) is 4.82. The lowest BCUT2D eigenvalue weighted by Gasteiger charge is -2.37. The second kappa shape index (κ2) is 7.32. The van der Waals surface area contributed by atoms with Crippen molar-refractivity contribution in [2.75, 3.05) is 57.4 Å². The van der Waals surface area contributed by atoms with Gasteiger partial charge in [-0.25, -0.2) is 0 Å². The van der Waals surface area contributed by atoms with Gasteiger partial charge in [0, 0.05) is 51.0 Å². The third-order valence-corrected chi connectivity index (χ3v) is 4.82. The Morgan fingerprint density at radius 1 is 1.00 bits per heavy atom. The summed E-state index contributed by atoms with van der Waals surface area (Å²) in [7, 11) is 0. The monoisotopic (exact) mass is 317 g/mol. The number of rotatable bonds is 3. The summed E-state index contributed by atoms with van der Waals surface area (Å²) >= 11 is 0. The Labute approximate surface area is 138 Å². The average Bonchev–Trinajstić information content (AvgIpc) is 2.62. The number of hydrogen-bond donors (Lipinski definition) is 0. The van der Waals surface area contributed by atoms with E-state index in [1.807, 2.05) is 23.1 Å². The summed E-state index contributed by atoms with van der Waals surface area (Å²) in [6, 6.07) is 8.54. The van der Waals surface area contributed by atoms with Gasteiger partial charge in [0.2, 0.25) is 0 Å². The summed E-state index contributed by atoms with van der Waals surface area (Å²) in [5, 5.41) is 0. The molecule has 5 heteroatoms. The molecular formula is C18H27N3O2. The molecule has 2 aliphatic heterocycles. The number of nitrogens with zero attached hydrogens (tertiary/aromatic N) is 3. The number of anilines is 1. The van der Waals surface area contributed by atoms with Crippen LogP contribution in [0, 0.1) is 0 Å². The molecule has 0 spiro atoms. The Morgan fingerprint density at radius 3 is 2.30 bits per heavy atom. The van der Waals surface area contributed by atoms with Crippen LogP contribution in [-0.4, -0.2) is 74.2 Å². The van der Waals surface area contributed by atoms with Crippen molar-refractivity contribution in [2.24, 2.45) is 0 Å². The lowest BCUT2D eigenvalue weighted by molar-refractivity contribution is 0.0595. The maximum atomic E-state index is 13.0. The number of benzene rings is 1. The maximum absolute atomic E-state index is 13.0. The van der Waals surface area contributed by atoms with E-state index in [9.17, 15) is 4.79 Å². The number of carbonyl (C=O) groups is 1. The zero-order valence-electron chi connectivity index (χ0n) is 14.2. The number of para-hydroxylation sites is 1. The molecule has 0 unspecified atom stereocenters. The second-order valence-electron chi connectivity index (χ2n) is 6.54. The molecule has 23 heavy (non-hydrogen) atoms. The van der Waals surface area contributed by atoms with Gasteiger partial charge in [0.05, 0.1) is 18.8 Å². The summed E-state index contributed by atoms with van der Waals surface area (Å²) in [5.41, 5.74) is 1.87. The molecule has 5 nitrogen and oxygen atoms in total. The van der Waals surface area contributed by atoms with E-state index in [2.05, 4.69) is 29.7 Å². The highest BCUT2D eigenvalue weighted by Crippen LogP contribution is 2.23. The van der Waals surface area contributed by atoms with E-state index in [4.69, 9.17) is 4.74 Å². The normalized spacial score (nSPS) is 20.1. The van der Waals surface area contributed by atoms with Crippen LogP contribution in [0.3, 0.4) is 0 Å². The maximum Gasteiger partial charge on any atom is 0.256 e. The number of carbonyl (C=O) groups excluding carboxylic acids is 1. The number of amides is 1. The predicted molar refractivity (Wildman–Crippen MR) is 92.1 cm³/mol. The highest BCUT2D eigenvalue weighted by molar-refractivity contribution is 6.00. The fourth-order valence-electron chi connectivity index (χ4n) is 3.35. The first-order valence-electron chi connectivity index (χ1n) is 8.62. The zero-order chi connectivity index (χ0) is 16.2. The van der Waals surface area contributed by atoms with Crippen LogP contribution in [0.2, 0.25) is 0 Å². The van der Waals surface area contributed by atoms with Gasteiger partial charge in [-0.3, -0.25) is 9.69 Å². The predicted octanol–water partition coefficient (Wildman–Crippen LogP) is 1.69. The molecular weight excluding hydrogens is 290 g/mol. The van der Waals surface area contributed by atoms with Gasteiger partial charge in [0.15, 0.2) is 0 Å². The summed E-state index contributed by atoms with van der Waals surface area (Å²) < 4.78 is 5.43. The van der Waals surface area contributed by atoms with Gasteiger partial charge in [0.25, 0.3) is 5.91 Å². The quantitative estimate of drug-likeness (QED) is 0.850. The van der Waals surface area contributed by atoms with Crippen LogP contribution >= 0.6 is 0 Å². The van der Waals surface area contributed by atoms with Crippen molar-refractivity contribution in [1.82, 2.24) is 9.80 Å². The highest BCUT2D eigenvalue weighted by Gasteiger charge is 2.26. The van der Waals surface area contributed by atoms with Crippen LogP contribution in [-0.2, 0) is 4.74 Å². The van der Waals surface area contributed by atoms with Gasteiger partial charge in [0.1, 0.15) is 0 Å². The van der Waals surface area contributed by atoms with Crippen molar-refractivity contribution in [3.8, 4) is 0 Å². The number of hydrogen-bond acceptors (Lipinski definition) is 4. The van der Waals surface area contributed by atoms with Crippen molar-refractivity contribution >= 4 is 11.6 Å². The number of piperazine rings is 1. The molecule has 3 rings (SSSR count). The lowest BCUT2D eigenvalue weighted by Crippen LogP contribution is -2.51. The largest absolute Gasteiger partial charge is 0.378 e. The Hall–Kier alpha value is -1.59. The molecule has 0 N–H and O–H groups in total. The van der Waals surface area contributed by atoms with E-state index in [1.165, 1.54) is 0 Å². The van der Waals surface area contributed by atoms with Crippen LogP contribution in [0.1, 0.15) is 24.2 Å². The van der Waals surface area contributed by atoms with Crippen LogP contribution in [0.25, 0.3) is 0 Å². The summed E-state index contributed by atoms with van der Waals surface area (Å²) in [5.74, 6) is 0.162. The standard InChI is InChI=1S/C18H27N3O2/c1-15(2)19-7-9-21(10-8-19)18(22)16-5-3-4-6-17(16)20-11-13-23-14-12-20/h3-6,15H,7-14H2,1-2H3. The molecule has 2 heterocycles.